The van der Waals surface area contributed by atoms with E-state index in [9.17, 15) is 9.59 Å². The SMILES string of the molecule is C[C@@H]1CNCCN1C(=O)C1CCCN(C(=O)C(C)(C)C)C1. The van der Waals surface area contributed by atoms with Gasteiger partial charge in [-0.05, 0) is 19.8 Å². The Labute approximate surface area is 128 Å². The predicted molar refractivity (Wildman–Crippen MR) is 82.8 cm³/mol. The van der Waals surface area contributed by atoms with E-state index < -0.39 is 0 Å². The molecule has 21 heavy (non-hydrogen) atoms. The smallest absolute Gasteiger partial charge is 0.227 e. The second kappa shape index (κ2) is 6.34. The highest BCUT2D eigenvalue weighted by Gasteiger charge is 2.36. The van der Waals surface area contributed by atoms with Crippen LogP contribution in [0.5, 0.6) is 0 Å². The van der Waals surface area contributed by atoms with E-state index in [0.29, 0.717) is 6.54 Å². The highest BCUT2D eigenvalue weighted by Crippen LogP contribution is 2.25. The van der Waals surface area contributed by atoms with E-state index in [1.165, 1.54) is 0 Å². The normalized spacial score (nSPS) is 27.6. The molecule has 0 aliphatic carbocycles. The van der Waals surface area contributed by atoms with E-state index in [1.807, 2.05) is 30.6 Å². The van der Waals surface area contributed by atoms with Crippen LogP contribution in [0.25, 0.3) is 0 Å². The summed E-state index contributed by atoms with van der Waals surface area (Å²) in [5.41, 5.74) is -0.368. The Morgan fingerprint density at radius 3 is 2.52 bits per heavy atom. The van der Waals surface area contributed by atoms with Crippen LogP contribution in [0.1, 0.15) is 40.5 Å². The van der Waals surface area contributed by atoms with Crippen LogP contribution in [0.2, 0.25) is 0 Å². The van der Waals surface area contributed by atoms with Gasteiger partial charge in [-0.25, -0.2) is 0 Å². The number of rotatable bonds is 1. The van der Waals surface area contributed by atoms with Gasteiger partial charge in [-0.15, -0.1) is 0 Å². The lowest BCUT2D eigenvalue weighted by molar-refractivity contribution is -0.146. The molecule has 2 amide bonds. The van der Waals surface area contributed by atoms with Gasteiger partial charge in [-0.1, -0.05) is 20.8 Å². The van der Waals surface area contributed by atoms with Crippen molar-refractivity contribution in [3.8, 4) is 0 Å². The maximum atomic E-state index is 12.7. The zero-order valence-electron chi connectivity index (χ0n) is 13.8. The van der Waals surface area contributed by atoms with E-state index in [2.05, 4.69) is 12.2 Å². The van der Waals surface area contributed by atoms with Crippen molar-refractivity contribution in [3.63, 3.8) is 0 Å². The molecule has 0 aromatic heterocycles. The minimum atomic E-state index is -0.368. The van der Waals surface area contributed by atoms with Crippen LogP contribution in [0.4, 0.5) is 0 Å². The number of carbonyl (C=O) groups excluding carboxylic acids is 2. The Morgan fingerprint density at radius 1 is 1.19 bits per heavy atom. The molecule has 1 N–H and O–H groups in total. The van der Waals surface area contributed by atoms with E-state index in [4.69, 9.17) is 0 Å². The highest BCUT2D eigenvalue weighted by atomic mass is 16.2. The fourth-order valence-corrected chi connectivity index (χ4v) is 3.24. The van der Waals surface area contributed by atoms with Crippen molar-refractivity contribution in [1.29, 1.82) is 0 Å². The first-order valence-corrected chi connectivity index (χ1v) is 8.11. The van der Waals surface area contributed by atoms with E-state index in [-0.39, 0.29) is 29.2 Å². The van der Waals surface area contributed by atoms with Crippen LogP contribution in [0.3, 0.4) is 0 Å². The minimum Gasteiger partial charge on any atom is -0.341 e. The molecule has 5 nitrogen and oxygen atoms in total. The molecule has 2 atom stereocenters. The molecule has 2 aliphatic heterocycles. The molecule has 0 spiro atoms. The van der Waals surface area contributed by atoms with Crippen molar-refractivity contribution in [1.82, 2.24) is 15.1 Å². The number of hydrogen-bond acceptors (Lipinski definition) is 3. The molecule has 2 rings (SSSR count). The number of hydrogen-bond donors (Lipinski definition) is 1. The molecular weight excluding hydrogens is 266 g/mol. The lowest BCUT2D eigenvalue weighted by Crippen LogP contribution is -2.56. The Kier molecular flexibility index (Phi) is 4.91. The van der Waals surface area contributed by atoms with Crippen molar-refractivity contribution < 1.29 is 9.59 Å². The third-order valence-corrected chi connectivity index (χ3v) is 4.48. The number of carbonyl (C=O) groups is 2. The molecule has 5 heteroatoms. The average molecular weight is 295 g/mol. The van der Waals surface area contributed by atoms with E-state index in [0.717, 1.165) is 39.0 Å². The number of nitrogens with zero attached hydrogens (tertiary/aromatic N) is 2. The van der Waals surface area contributed by atoms with Gasteiger partial charge in [-0.2, -0.15) is 0 Å². The molecule has 0 aromatic carbocycles. The second-order valence-corrected chi connectivity index (χ2v) is 7.43. The maximum absolute atomic E-state index is 12.7. The summed E-state index contributed by atoms with van der Waals surface area (Å²) in [6.07, 6.45) is 1.84. The van der Waals surface area contributed by atoms with Gasteiger partial charge in [0.15, 0.2) is 0 Å². The molecule has 2 fully saturated rings. The summed E-state index contributed by atoms with van der Waals surface area (Å²) in [4.78, 5) is 29.0. The van der Waals surface area contributed by atoms with Crippen molar-refractivity contribution in [2.45, 2.75) is 46.6 Å². The highest BCUT2D eigenvalue weighted by molar-refractivity contribution is 5.84. The van der Waals surface area contributed by atoms with Gasteiger partial charge in [0.25, 0.3) is 0 Å². The maximum Gasteiger partial charge on any atom is 0.227 e. The van der Waals surface area contributed by atoms with Crippen LogP contribution in [-0.4, -0.2) is 60.4 Å². The third-order valence-electron chi connectivity index (χ3n) is 4.48. The van der Waals surface area contributed by atoms with Crippen LogP contribution < -0.4 is 5.32 Å². The van der Waals surface area contributed by atoms with Gasteiger partial charge in [0, 0.05) is 44.2 Å². The summed E-state index contributed by atoms with van der Waals surface area (Å²) >= 11 is 0. The Morgan fingerprint density at radius 2 is 1.90 bits per heavy atom. The predicted octanol–water partition coefficient (Wildman–Crippen LogP) is 1.09. The number of piperazine rings is 1. The number of likely N-dealkylation sites (tertiary alicyclic amines) is 1. The van der Waals surface area contributed by atoms with E-state index >= 15 is 0 Å². The minimum absolute atomic E-state index is 0.0226. The first-order chi connectivity index (χ1) is 9.80. The Hall–Kier alpha value is -1.10. The Bertz CT molecular complexity index is 403. The standard InChI is InChI=1S/C16H29N3O2/c1-12-10-17-7-9-19(12)14(20)13-6-5-8-18(11-13)15(21)16(2,3)4/h12-13,17H,5-11H2,1-4H3/t12-,13?/m1/s1. The third kappa shape index (κ3) is 3.76. The van der Waals surface area contributed by atoms with Crippen molar-refractivity contribution in [3.05, 3.63) is 0 Å². The number of amides is 2. The summed E-state index contributed by atoms with van der Waals surface area (Å²) in [5, 5.41) is 3.31. The fraction of sp³-hybridized carbons (Fsp3) is 0.875. The molecule has 0 radical (unpaired) electrons. The lowest BCUT2D eigenvalue weighted by atomic mass is 9.90. The summed E-state index contributed by atoms with van der Waals surface area (Å²) in [6, 6.07) is 0.250. The van der Waals surface area contributed by atoms with Crippen LogP contribution in [0, 0.1) is 11.3 Å². The van der Waals surface area contributed by atoms with E-state index in [1.54, 1.807) is 0 Å². The van der Waals surface area contributed by atoms with Gasteiger partial charge in [0.2, 0.25) is 11.8 Å². The van der Waals surface area contributed by atoms with Gasteiger partial charge in [0.05, 0.1) is 5.92 Å². The Balaban J connectivity index is 2.00. The quantitative estimate of drug-likeness (QED) is 0.788. The lowest BCUT2D eigenvalue weighted by Gasteiger charge is -2.40. The van der Waals surface area contributed by atoms with Crippen LogP contribution in [0.15, 0.2) is 0 Å². The molecule has 120 valence electrons. The summed E-state index contributed by atoms with van der Waals surface area (Å²) in [6.45, 7) is 11.8. The van der Waals surface area contributed by atoms with Crippen molar-refractivity contribution in [2.24, 2.45) is 11.3 Å². The van der Waals surface area contributed by atoms with Crippen LogP contribution >= 0.6 is 0 Å². The van der Waals surface area contributed by atoms with Gasteiger partial charge >= 0.3 is 0 Å². The molecule has 1 unspecified atom stereocenters. The monoisotopic (exact) mass is 295 g/mol. The molecule has 2 saturated heterocycles. The summed E-state index contributed by atoms with van der Waals surface area (Å²) in [5.74, 6) is 0.370. The zero-order chi connectivity index (χ0) is 15.6. The fourth-order valence-electron chi connectivity index (χ4n) is 3.24. The first-order valence-electron chi connectivity index (χ1n) is 8.11. The largest absolute Gasteiger partial charge is 0.341 e. The molecule has 0 bridgehead atoms. The molecular formula is C16H29N3O2. The summed E-state index contributed by atoms with van der Waals surface area (Å²) < 4.78 is 0. The topological polar surface area (TPSA) is 52.7 Å². The molecule has 2 aliphatic rings. The average Bonchev–Trinajstić information content (AvgIpc) is 2.45. The number of nitrogens with one attached hydrogen (secondary N) is 1. The van der Waals surface area contributed by atoms with Gasteiger partial charge in [-0.3, -0.25) is 9.59 Å². The zero-order valence-corrected chi connectivity index (χ0v) is 13.8. The first kappa shape index (κ1) is 16.3. The number of piperidine rings is 1. The molecule has 0 aromatic rings. The summed E-state index contributed by atoms with van der Waals surface area (Å²) in [7, 11) is 0. The van der Waals surface area contributed by atoms with Gasteiger partial charge < -0.3 is 15.1 Å². The second-order valence-electron chi connectivity index (χ2n) is 7.43. The van der Waals surface area contributed by atoms with Crippen molar-refractivity contribution >= 4 is 11.8 Å². The van der Waals surface area contributed by atoms with Crippen molar-refractivity contribution in [2.75, 3.05) is 32.7 Å². The molecule has 2 heterocycles. The van der Waals surface area contributed by atoms with Gasteiger partial charge in [0.1, 0.15) is 0 Å². The van der Waals surface area contributed by atoms with Crippen LogP contribution in [-0.2, 0) is 9.59 Å². The molecule has 0 saturated carbocycles.